The van der Waals surface area contributed by atoms with Crippen LogP contribution in [0, 0.1) is 6.92 Å². The minimum atomic E-state index is 0.00381. The Labute approximate surface area is 143 Å². The van der Waals surface area contributed by atoms with E-state index >= 15 is 0 Å². The van der Waals surface area contributed by atoms with Gasteiger partial charge in [0.15, 0.2) is 11.5 Å². The molecule has 2 N–H and O–H groups in total. The van der Waals surface area contributed by atoms with Crippen molar-refractivity contribution in [1.82, 2.24) is 5.32 Å². The van der Waals surface area contributed by atoms with Crippen molar-refractivity contribution < 1.29 is 14.3 Å². The van der Waals surface area contributed by atoms with Crippen LogP contribution in [0.5, 0.6) is 11.5 Å². The van der Waals surface area contributed by atoms with Crippen LogP contribution in [0.2, 0.25) is 0 Å². The highest BCUT2D eigenvalue weighted by atomic mass is 16.5. The van der Waals surface area contributed by atoms with Gasteiger partial charge in [-0.25, -0.2) is 0 Å². The number of rotatable bonds is 8. The van der Waals surface area contributed by atoms with Crippen LogP contribution in [0.15, 0.2) is 42.5 Å². The van der Waals surface area contributed by atoms with Gasteiger partial charge in [0.1, 0.15) is 0 Å². The number of ether oxygens (including phenoxy) is 2. The molecule has 5 nitrogen and oxygen atoms in total. The number of hydrogen-bond acceptors (Lipinski definition) is 4. The van der Waals surface area contributed by atoms with Gasteiger partial charge in [-0.2, -0.15) is 0 Å². The molecule has 1 amide bonds. The molecule has 0 bridgehead atoms. The van der Waals surface area contributed by atoms with Crippen LogP contribution in [-0.2, 0) is 11.3 Å². The van der Waals surface area contributed by atoms with Gasteiger partial charge < -0.3 is 20.1 Å². The molecule has 0 spiro atoms. The molecule has 0 aliphatic rings. The highest BCUT2D eigenvalue weighted by molar-refractivity contribution is 5.91. The van der Waals surface area contributed by atoms with Crippen LogP contribution in [-0.4, -0.2) is 26.7 Å². The number of amides is 1. The van der Waals surface area contributed by atoms with Crippen molar-refractivity contribution >= 4 is 11.6 Å². The van der Waals surface area contributed by atoms with Gasteiger partial charge in [-0.3, -0.25) is 4.79 Å². The van der Waals surface area contributed by atoms with E-state index in [4.69, 9.17) is 9.47 Å². The summed E-state index contributed by atoms with van der Waals surface area (Å²) < 4.78 is 10.5. The van der Waals surface area contributed by atoms with Crippen molar-refractivity contribution in [2.45, 2.75) is 19.9 Å². The highest BCUT2D eigenvalue weighted by Crippen LogP contribution is 2.27. The van der Waals surface area contributed by atoms with E-state index in [2.05, 4.69) is 10.6 Å². The van der Waals surface area contributed by atoms with Gasteiger partial charge >= 0.3 is 0 Å². The average molecular weight is 328 g/mol. The maximum atomic E-state index is 12.0. The largest absolute Gasteiger partial charge is 0.493 e. The Bertz CT molecular complexity index is 686. The van der Waals surface area contributed by atoms with E-state index in [0.717, 1.165) is 16.8 Å². The maximum absolute atomic E-state index is 12.0. The van der Waals surface area contributed by atoms with Gasteiger partial charge in [-0.15, -0.1) is 0 Å². The number of anilines is 1. The van der Waals surface area contributed by atoms with E-state index in [-0.39, 0.29) is 5.91 Å². The maximum Gasteiger partial charge on any atom is 0.225 e. The van der Waals surface area contributed by atoms with Crippen LogP contribution >= 0.6 is 0 Å². The third-order valence-corrected chi connectivity index (χ3v) is 3.73. The van der Waals surface area contributed by atoms with Crippen LogP contribution < -0.4 is 20.1 Å². The van der Waals surface area contributed by atoms with Crippen LogP contribution in [0.3, 0.4) is 0 Å². The first-order valence-electron chi connectivity index (χ1n) is 7.91. The van der Waals surface area contributed by atoms with E-state index in [9.17, 15) is 4.79 Å². The first kappa shape index (κ1) is 17.8. The van der Waals surface area contributed by atoms with Gasteiger partial charge in [0, 0.05) is 25.2 Å². The monoisotopic (exact) mass is 328 g/mol. The molecular weight excluding hydrogens is 304 g/mol. The predicted octanol–water partition coefficient (Wildman–Crippen LogP) is 3.13. The third kappa shape index (κ3) is 4.99. The van der Waals surface area contributed by atoms with Crippen molar-refractivity contribution in [3.05, 3.63) is 53.6 Å². The fourth-order valence-corrected chi connectivity index (χ4v) is 2.35. The number of methoxy groups -OCH3 is 2. The fraction of sp³-hybridized carbons (Fsp3) is 0.316. The zero-order valence-corrected chi connectivity index (χ0v) is 14.4. The summed E-state index contributed by atoms with van der Waals surface area (Å²) in [5, 5.41) is 6.19. The Balaban J connectivity index is 1.76. The van der Waals surface area contributed by atoms with Crippen molar-refractivity contribution in [3.8, 4) is 11.5 Å². The summed E-state index contributed by atoms with van der Waals surface area (Å²) in [4.78, 5) is 12.0. The standard InChI is InChI=1S/C19H24N2O3/c1-14-6-4-5-7-16(14)21-19(22)10-11-20-13-15-8-9-17(23-2)18(12-15)24-3/h4-9,12,20H,10-11,13H2,1-3H3,(H,21,22). The average Bonchev–Trinajstić information content (AvgIpc) is 2.60. The molecular formula is C19H24N2O3. The molecule has 0 aliphatic carbocycles. The topological polar surface area (TPSA) is 59.6 Å². The van der Waals surface area contributed by atoms with E-state index in [0.29, 0.717) is 31.0 Å². The van der Waals surface area contributed by atoms with Crippen LogP contribution in [0.25, 0.3) is 0 Å². The van der Waals surface area contributed by atoms with E-state index in [1.165, 1.54) is 0 Å². The third-order valence-electron chi connectivity index (χ3n) is 3.73. The zero-order valence-electron chi connectivity index (χ0n) is 14.4. The molecule has 0 heterocycles. The van der Waals surface area contributed by atoms with Gasteiger partial charge in [-0.05, 0) is 36.2 Å². The molecule has 0 atom stereocenters. The Morgan fingerprint density at radius 2 is 1.79 bits per heavy atom. The van der Waals surface area contributed by atoms with Crippen LogP contribution in [0.4, 0.5) is 5.69 Å². The van der Waals surface area contributed by atoms with Gasteiger partial charge in [-0.1, -0.05) is 24.3 Å². The second kappa shape index (κ2) is 8.93. The SMILES string of the molecule is COc1ccc(CNCCC(=O)Nc2ccccc2C)cc1OC. The Morgan fingerprint density at radius 1 is 1.04 bits per heavy atom. The summed E-state index contributed by atoms with van der Waals surface area (Å²) >= 11 is 0. The Hall–Kier alpha value is -2.53. The molecule has 0 unspecified atom stereocenters. The smallest absolute Gasteiger partial charge is 0.225 e. The molecule has 2 aromatic rings. The van der Waals surface area contributed by atoms with Gasteiger partial charge in [0.25, 0.3) is 0 Å². The van der Waals surface area contributed by atoms with E-state index in [1.807, 2.05) is 49.4 Å². The van der Waals surface area contributed by atoms with Crippen molar-refractivity contribution in [2.75, 3.05) is 26.1 Å². The van der Waals surface area contributed by atoms with Crippen molar-refractivity contribution in [2.24, 2.45) is 0 Å². The number of aryl methyl sites for hydroxylation is 1. The molecule has 2 rings (SSSR count). The lowest BCUT2D eigenvalue weighted by Gasteiger charge is -2.11. The number of nitrogens with one attached hydrogen (secondary N) is 2. The molecule has 0 fully saturated rings. The lowest BCUT2D eigenvalue weighted by Crippen LogP contribution is -2.21. The minimum Gasteiger partial charge on any atom is -0.493 e. The first-order chi connectivity index (χ1) is 11.6. The molecule has 0 saturated carbocycles. The van der Waals surface area contributed by atoms with Crippen molar-refractivity contribution in [3.63, 3.8) is 0 Å². The summed E-state index contributed by atoms with van der Waals surface area (Å²) in [6, 6.07) is 13.5. The number of carbonyl (C=O) groups is 1. The normalized spacial score (nSPS) is 10.3. The molecule has 0 aliphatic heterocycles. The summed E-state index contributed by atoms with van der Waals surface area (Å²) in [5.74, 6) is 1.41. The van der Waals surface area contributed by atoms with Crippen LogP contribution in [0.1, 0.15) is 17.5 Å². The number of benzene rings is 2. The van der Waals surface area contributed by atoms with E-state index in [1.54, 1.807) is 14.2 Å². The molecule has 0 aromatic heterocycles. The summed E-state index contributed by atoms with van der Waals surface area (Å²) in [6.07, 6.45) is 0.418. The molecule has 0 saturated heterocycles. The van der Waals surface area contributed by atoms with Crippen molar-refractivity contribution in [1.29, 1.82) is 0 Å². The minimum absolute atomic E-state index is 0.00381. The Kier molecular flexibility index (Phi) is 6.63. The number of carbonyl (C=O) groups excluding carboxylic acids is 1. The fourth-order valence-electron chi connectivity index (χ4n) is 2.35. The van der Waals surface area contributed by atoms with Gasteiger partial charge in [0.2, 0.25) is 5.91 Å². The summed E-state index contributed by atoms with van der Waals surface area (Å²) in [6.45, 7) is 3.25. The number of para-hydroxylation sites is 1. The lowest BCUT2D eigenvalue weighted by molar-refractivity contribution is -0.116. The zero-order chi connectivity index (χ0) is 17.4. The van der Waals surface area contributed by atoms with E-state index < -0.39 is 0 Å². The quantitative estimate of drug-likeness (QED) is 0.731. The molecule has 0 radical (unpaired) electrons. The summed E-state index contributed by atoms with van der Waals surface area (Å²) in [5.41, 5.74) is 3.00. The number of hydrogen-bond donors (Lipinski definition) is 2. The molecule has 5 heteroatoms. The molecule has 128 valence electrons. The lowest BCUT2D eigenvalue weighted by atomic mass is 10.2. The Morgan fingerprint density at radius 3 is 2.50 bits per heavy atom. The summed E-state index contributed by atoms with van der Waals surface area (Å²) in [7, 11) is 3.23. The second-order valence-corrected chi connectivity index (χ2v) is 5.48. The molecule has 2 aromatic carbocycles. The predicted molar refractivity (Wildman–Crippen MR) is 95.7 cm³/mol. The highest BCUT2D eigenvalue weighted by Gasteiger charge is 2.06. The van der Waals surface area contributed by atoms with Gasteiger partial charge in [0.05, 0.1) is 14.2 Å². The first-order valence-corrected chi connectivity index (χ1v) is 7.91. The second-order valence-electron chi connectivity index (χ2n) is 5.48. The molecule has 24 heavy (non-hydrogen) atoms.